The van der Waals surface area contributed by atoms with Crippen LogP contribution in [-0.4, -0.2) is 51.5 Å². The second kappa shape index (κ2) is 19.0. The van der Waals surface area contributed by atoms with Crippen molar-refractivity contribution in [2.45, 2.75) is 56.1 Å². The van der Waals surface area contributed by atoms with E-state index in [4.69, 9.17) is 33.2 Å². The molecular weight excluding hydrogens is 689 g/mol. The second-order valence-corrected chi connectivity index (χ2v) is 13.5. The molecule has 1 fully saturated rings. The lowest BCUT2D eigenvalue weighted by atomic mass is 9.80. The smallest absolute Gasteiger partial charge is 0.186 e. The average molecular weight is 737 g/mol. The molecule has 0 amide bonds. The predicted octanol–water partition coefficient (Wildman–Crippen LogP) is 9.13. The minimum Gasteiger partial charge on any atom is -0.497 e. The molecule has 6 aromatic rings. The van der Waals surface area contributed by atoms with Crippen molar-refractivity contribution in [3.63, 3.8) is 0 Å². The zero-order valence-corrected chi connectivity index (χ0v) is 31.3. The van der Waals surface area contributed by atoms with Gasteiger partial charge in [0.25, 0.3) is 0 Å². The van der Waals surface area contributed by atoms with Gasteiger partial charge in [-0.05, 0) is 45.5 Å². The van der Waals surface area contributed by atoms with E-state index < -0.39 is 36.3 Å². The average Bonchev–Trinajstić information content (AvgIpc) is 3.26. The number of hydrogen-bond donors (Lipinski definition) is 0. The van der Waals surface area contributed by atoms with Crippen molar-refractivity contribution >= 4 is 0 Å². The maximum atomic E-state index is 7.33. The van der Waals surface area contributed by atoms with Crippen molar-refractivity contribution in [3.8, 4) is 5.75 Å². The molecule has 6 aromatic carbocycles. The van der Waals surface area contributed by atoms with Gasteiger partial charge in [-0.3, -0.25) is 0 Å². The van der Waals surface area contributed by atoms with E-state index >= 15 is 0 Å². The van der Waals surface area contributed by atoms with E-state index in [0.29, 0.717) is 19.8 Å². The maximum absolute atomic E-state index is 7.33. The van der Waals surface area contributed by atoms with Crippen molar-refractivity contribution in [2.24, 2.45) is 0 Å². The van der Waals surface area contributed by atoms with Gasteiger partial charge in [-0.2, -0.15) is 0 Å². The summed E-state index contributed by atoms with van der Waals surface area (Å²) in [5.74, 6) is 0.776. The fraction of sp³-hybridized carbons (Fsp3) is 0.250. The summed E-state index contributed by atoms with van der Waals surface area (Å²) in [6.45, 7) is 1.12. The number of ether oxygens (including phenoxy) is 7. The van der Waals surface area contributed by atoms with Crippen molar-refractivity contribution in [1.82, 2.24) is 0 Å². The summed E-state index contributed by atoms with van der Waals surface area (Å²) < 4.78 is 46.1. The first-order valence-electron chi connectivity index (χ1n) is 18.7. The molecule has 0 aromatic heterocycles. The molecule has 282 valence electrons. The quantitative estimate of drug-likeness (QED) is 0.0866. The van der Waals surface area contributed by atoms with Crippen LogP contribution in [0.3, 0.4) is 0 Å². The zero-order valence-electron chi connectivity index (χ0n) is 31.3. The fourth-order valence-corrected chi connectivity index (χ4v) is 7.19. The Morgan fingerprint density at radius 2 is 0.855 bits per heavy atom. The SMILES string of the molecule is COc1ccc(CO[C@H]2[C@@H](OC)O[C@H](COC(c3ccccc3)(c3ccccc3)c3ccccc3)[C@@H](OCc3ccccc3)[C@@H]2OCc2ccccc2)cc1. The van der Waals surface area contributed by atoms with Crippen LogP contribution in [0.5, 0.6) is 5.75 Å². The second-order valence-electron chi connectivity index (χ2n) is 13.5. The summed E-state index contributed by atoms with van der Waals surface area (Å²) in [4.78, 5) is 0. The van der Waals surface area contributed by atoms with Gasteiger partial charge in [0.2, 0.25) is 0 Å². The number of rotatable bonds is 17. The molecule has 0 saturated carbocycles. The Kier molecular flexibility index (Phi) is 13.2. The minimum atomic E-state index is -0.970. The van der Waals surface area contributed by atoms with Gasteiger partial charge in [0.15, 0.2) is 6.29 Å². The van der Waals surface area contributed by atoms with Gasteiger partial charge >= 0.3 is 0 Å². The summed E-state index contributed by atoms with van der Waals surface area (Å²) in [5, 5.41) is 0. The molecule has 7 nitrogen and oxygen atoms in total. The number of hydrogen-bond acceptors (Lipinski definition) is 7. The first-order chi connectivity index (χ1) is 27.2. The molecule has 55 heavy (non-hydrogen) atoms. The summed E-state index contributed by atoms with van der Waals surface area (Å²) in [5.41, 5.74) is 5.04. The van der Waals surface area contributed by atoms with Crippen LogP contribution in [0, 0.1) is 0 Å². The molecule has 1 aliphatic heterocycles. The summed E-state index contributed by atoms with van der Waals surface area (Å²) in [6, 6.07) is 59.0. The van der Waals surface area contributed by atoms with E-state index in [2.05, 4.69) is 60.7 Å². The van der Waals surface area contributed by atoms with E-state index in [0.717, 1.165) is 39.1 Å². The van der Waals surface area contributed by atoms with Crippen molar-refractivity contribution in [3.05, 3.63) is 209 Å². The topological polar surface area (TPSA) is 64.6 Å². The molecule has 1 heterocycles. The highest BCUT2D eigenvalue weighted by Crippen LogP contribution is 2.42. The lowest BCUT2D eigenvalue weighted by Crippen LogP contribution is -2.62. The fourth-order valence-electron chi connectivity index (χ4n) is 7.19. The third-order valence-corrected chi connectivity index (χ3v) is 10.0. The van der Waals surface area contributed by atoms with Crippen molar-refractivity contribution in [1.29, 1.82) is 0 Å². The van der Waals surface area contributed by atoms with Crippen LogP contribution in [0.1, 0.15) is 33.4 Å². The Morgan fingerprint density at radius 3 is 1.29 bits per heavy atom. The predicted molar refractivity (Wildman–Crippen MR) is 212 cm³/mol. The van der Waals surface area contributed by atoms with Crippen LogP contribution < -0.4 is 4.74 Å². The van der Waals surface area contributed by atoms with Crippen molar-refractivity contribution in [2.75, 3.05) is 20.8 Å². The zero-order chi connectivity index (χ0) is 37.7. The molecule has 5 atom stereocenters. The third kappa shape index (κ3) is 9.23. The molecule has 7 rings (SSSR count). The highest BCUT2D eigenvalue weighted by Gasteiger charge is 2.50. The molecule has 1 saturated heterocycles. The third-order valence-electron chi connectivity index (χ3n) is 10.0. The number of methoxy groups -OCH3 is 2. The van der Waals surface area contributed by atoms with Crippen molar-refractivity contribution < 1.29 is 33.2 Å². The van der Waals surface area contributed by atoms with E-state index in [1.165, 1.54) is 0 Å². The highest BCUT2D eigenvalue weighted by molar-refractivity contribution is 5.47. The monoisotopic (exact) mass is 736 g/mol. The first-order valence-corrected chi connectivity index (χ1v) is 18.7. The summed E-state index contributed by atoms with van der Waals surface area (Å²) in [7, 11) is 3.29. The van der Waals surface area contributed by atoms with E-state index in [9.17, 15) is 0 Å². The summed E-state index contributed by atoms with van der Waals surface area (Å²) in [6.07, 6.45) is -3.27. The maximum Gasteiger partial charge on any atom is 0.186 e. The molecule has 0 N–H and O–H groups in total. The molecular formula is C48H48O7. The Labute approximate surface area is 324 Å². The standard InChI is InChI=1S/C48H48O7/c1-49-42-30-28-38(29-31-42)34-53-46-45(52-33-37-20-10-4-11-21-37)44(51-32-36-18-8-3-9-19-36)43(55-47(46)50-2)35-54-48(39-22-12-5-13-23-39,40-24-14-6-15-25-40)41-26-16-7-17-27-41/h3-31,43-47H,32-35H2,1-2H3/t43-,44-,45+,46-,47+/m1/s1. The van der Waals surface area contributed by atoms with Crippen LogP contribution in [0.15, 0.2) is 176 Å². The van der Waals surface area contributed by atoms with Gasteiger partial charge in [0.1, 0.15) is 35.8 Å². The summed E-state index contributed by atoms with van der Waals surface area (Å²) >= 11 is 0. The molecule has 0 unspecified atom stereocenters. The van der Waals surface area contributed by atoms with Crippen LogP contribution in [-0.2, 0) is 53.8 Å². The normalized spacial score (nSPS) is 19.9. The van der Waals surface area contributed by atoms with E-state index in [1.54, 1.807) is 14.2 Å². The Bertz CT molecular complexity index is 1880. The van der Waals surface area contributed by atoms with Crippen LogP contribution in [0.2, 0.25) is 0 Å². The lowest BCUT2D eigenvalue weighted by molar-refractivity contribution is -0.325. The Balaban J connectivity index is 1.26. The highest BCUT2D eigenvalue weighted by atomic mass is 16.7. The lowest BCUT2D eigenvalue weighted by Gasteiger charge is -2.46. The van der Waals surface area contributed by atoms with Gasteiger partial charge in [-0.25, -0.2) is 0 Å². The molecule has 0 radical (unpaired) electrons. The Hall–Kier alpha value is -5.12. The minimum absolute atomic E-state index is 0.147. The van der Waals surface area contributed by atoms with Gasteiger partial charge in [-0.1, -0.05) is 164 Å². The first kappa shape index (κ1) is 38.2. The van der Waals surface area contributed by atoms with Crippen LogP contribution in [0.25, 0.3) is 0 Å². The molecule has 0 bridgehead atoms. The molecule has 1 aliphatic rings. The van der Waals surface area contributed by atoms with Crippen LogP contribution in [0.4, 0.5) is 0 Å². The Morgan fingerprint density at radius 1 is 0.455 bits per heavy atom. The van der Waals surface area contributed by atoms with Gasteiger partial charge < -0.3 is 33.2 Å². The van der Waals surface area contributed by atoms with E-state index in [1.807, 2.05) is 115 Å². The van der Waals surface area contributed by atoms with Crippen LogP contribution >= 0.6 is 0 Å². The van der Waals surface area contributed by atoms with Gasteiger partial charge in [0, 0.05) is 7.11 Å². The van der Waals surface area contributed by atoms with Gasteiger partial charge in [-0.15, -0.1) is 0 Å². The largest absolute Gasteiger partial charge is 0.497 e. The molecule has 0 aliphatic carbocycles. The number of benzene rings is 6. The van der Waals surface area contributed by atoms with E-state index in [-0.39, 0.29) is 6.61 Å². The molecule has 0 spiro atoms. The van der Waals surface area contributed by atoms with Gasteiger partial charge in [0.05, 0.1) is 33.5 Å². The molecule has 7 heteroatoms.